The van der Waals surface area contributed by atoms with E-state index < -0.39 is 0 Å². The van der Waals surface area contributed by atoms with E-state index in [1.807, 2.05) is 30.3 Å². The molecule has 0 saturated heterocycles. The van der Waals surface area contributed by atoms with Crippen LogP contribution >= 0.6 is 0 Å². The molecule has 0 amide bonds. The van der Waals surface area contributed by atoms with E-state index in [1.165, 1.54) is 25.7 Å². The van der Waals surface area contributed by atoms with Gasteiger partial charge in [-0.25, -0.2) is 0 Å². The molecule has 1 heterocycles. The van der Waals surface area contributed by atoms with Gasteiger partial charge >= 0.3 is 0 Å². The van der Waals surface area contributed by atoms with Gasteiger partial charge in [0.25, 0.3) is 0 Å². The SMILES string of the molecule is Nc1cccc(Nc2ccc(C3CCCC3)nn2)c1. The van der Waals surface area contributed by atoms with Crippen molar-refractivity contribution in [2.45, 2.75) is 31.6 Å². The lowest BCUT2D eigenvalue weighted by Crippen LogP contribution is -2.01. The molecule has 1 aliphatic rings. The first kappa shape index (κ1) is 12.0. The third-order valence-corrected chi connectivity index (χ3v) is 3.62. The maximum atomic E-state index is 5.74. The summed E-state index contributed by atoms with van der Waals surface area (Å²) in [7, 11) is 0. The van der Waals surface area contributed by atoms with Crippen LogP contribution in [0.15, 0.2) is 36.4 Å². The van der Waals surface area contributed by atoms with E-state index in [-0.39, 0.29) is 0 Å². The van der Waals surface area contributed by atoms with Gasteiger partial charge in [-0.1, -0.05) is 18.9 Å². The molecule has 1 aliphatic carbocycles. The molecular weight excluding hydrogens is 236 g/mol. The third kappa shape index (κ3) is 2.84. The van der Waals surface area contributed by atoms with Crippen LogP contribution in [-0.4, -0.2) is 10.2 Å². The summed E-state index contributed by atoms with van der Waals surface area (Å²) in [6.45, 7) is 0. The number of nitrogens with one attached hydrogen (secondary N) is 1. The number of benzene rings is 1. The Kier molecular flexibility index (Phi) is 3.31. The molecule has 4 nitrogen and oxygen atoms in total. The largest absolute Gasteiger partial charge is 0.399 e. The molecule has 4 heteroatoms. The summed E-state index contributed by atoms with van der Waals surface area (Å²) in [5.41, 5.74) is 8.53. The average Bonchev–Trinajstić information content (AvgIpc) is 2.94. The fourth-order valence-electron chi connectivity index (χ4n) is 2.61. The first-order valence-corrected chi connectivity index (χ1v) is 6.77. The molecule has 1 fully saturated rings. The quantitative estimate of drug-likeness (QED) is 0.823. The number of hydrogen-bond acceptors (Lipinski definition) is 4. The summed E-state index contributed by atoms with van der Waals surface area (Å²) >= 11 is 0. The second-order valence-corrected chi connectivity index (χ2v) is 5.08. The zero-order chi connectivity index (χ0) is 13.1. The van der Waals surface area contributed by atoms with Gasteiger partial charge in [-0.3, -0.25) is 0 Å². The van der Waals surface area contributed by atoms with E-state index in [4.69, 9.17) is 5.73 Å². The highest BCUT2D eigenvalue weighted by Gasteiger charge is 2.18. The van der Waals surface area contributed by atoms with Crippen molar-refractivity contribution >= 4 is 17.2 Å². The zero-order valence-electron chi connectivity index (χ0n) is 10.8. The van der Waals surface area contributed by atoms with Gasteiger partial charge in [0, 0.05) is 17.3 Å². The van der Waals surface area contributed by atoms with Gasteiger partial charge in [-0.15, -0.1) is 5.10 Å². The molecule has 98 valence electrons. The van der Waals surface area contributed by atoms with Gasteiger partial charge in [0.05, 0.1) is 5.69 Å². The van der Waals surface area contributed by atoms with Crippen molar-refractivity contribution in [3.8, 4) is 0 Å². The van der Waals surface area contributed by atoms with E-state index in [9.17, 15) is 0 Å². The molecule has 1 aromatic carbocycles. The van der Waals surface area contributed by atoms with Crippen molar-refractivity contribution in [2.24, 2.45) is 0 Å². The van der Waals surface area contributed by atoms with Crippen LogP contribution in [0, 0.1) is 0 Å². The Morgan fingerprint density at radius 1 is 1.05 bits per heavy atom. The molecule has 1 saturated carbocycles. The van der Waals surface area contributed by atoms with Crippen LogP contribution in [-0.2, 0) is 0 Å². The maximum Gasteiger partial charge on any atom is 0.153 e. The van der Waals surface area contributed by atoms with E-state index in [1.54, 1.807) is 0 Å². The van der Waals surface area contributed by atoms with E-state index in [0.29, 0.717) is 5.92 Å². The predicted octanol–water partition coefficient (Wildman–Crippen LogP) is 3.46. The molecule has 19 heavy (non-hydrogen) atoms. The Hall–Kier alpha value is -2.10. The van der Waals surface area contributed by atoms with Crippen LogP contribution in [0.2, 0.25) is 0 Å². The Balaban J connectivity index is 1.72. The van der Waals surface area contributed by atoms with Crippen LogP contribution in [0.1, 0.15) is 37.3 Å². The lowest BCUT2D eigenvalue weighted by atomic mass is 10.0. The minimum Gasteiger partial charge on any atom is -0.399 e. The van der Waals surface area contributed by atoms with Gasteiger partial charge in [0.15, 0.2) is 5.82 Å². The van der Waals surface area contributed by atoms with Gasteiger partial charge in [-0.2, -0.15) is 5.10 Å². The zero-order valence-corrected chi connectivity index (χ0v) is 10.8. The maximum absolute atomic E-state index is 5.74. The number of aromatic nitrogens is 2. The van der Waals surface area contributed by atoms with Crippen molar-refractivity contribution in [2.75, 3.05) is 11.1 Å². The number of hydrogen-bond donors (Lipinski definition) is 2. The van der Waals surface area contributed by atoms with Crippen molar-refractivity contribution in [3.63, 3.8) is 0 Å². The number of nitrogen functional groups attached to an aromatic ring is 1. The highest BCUT2D eigenvalue weighted by atomic mass is 15.2. The van der Waals surface area contributed by atoms with E-state index in [0.717, 1.165) is 22.9 Å². The number of rotatable bonds is 3. The van der Waals surface area contributed by atoms with Gasteiger partial charge in [0.1, 0.15) is 0 Å². The van der Waals surface area contributed by atoms with Gasteiger partial charge in [0.2, 0.25) is 0 Å². The number of nitrogens with two attached hydrogens (primary N) is 1. The van der Waals surface area contributed by atoms with Crippen molar-refractivity contribution in [1.29, 1.82) is 0 Å². The average molecular weight is 254 g/mol. The van der Waals surface area contributed by atoms with E-state index >= 15 is 0 Å². The summed E-state index contributed by atoms with van der Waals surface area (Å²) in [5, 5.41) is 11.8. The van der Waals surface area contributed by atoms with Crippen molar-refractivity contribution in [1.82, 2.24) is 10.2 Å². The first-order chi connectivity index (χ1) is 9.31. The summed E-state index contributed by atoms with van der Waals surface area (Å²) in [5.74, 6) is 1.36. The number of nitrogens with zero attached hydrogens (tertiary/aromatic N) is 2. The molecule has 0 aliphatic heterocycles. The topological polar surface area (TPSA) is 63.8 Å². The molecule has 0 atom stereocenters. The standard InChI is InChI=1S/C15H18N4/c16-12-6-3-7-13(10-12)17-15-9-8-14(18-19-15)11-4-1-2-5-11/h3,6-11H,1-2,4-5,16H2,(H,17,19). The van der Waals surface area contributed by atoms with E-state index in [2.05, 4.69) is 21.6 Å². The van der Waals surface area contributed by atoms with Crippen molar-refractivity contribution < 1.29 is 0 Å². The predicted molar refractivity (Wildman–Crippen MR) is 77.4 cm³/mol. The normalized spacial score (nSPS) is 15.6. The fraction of sp³-hybridized carbons (Fsp3) is 0.333. The molecule has 0 bridgehead atoms. The minimum atomic E-state index is 0.605. The summed E-state index contributed by atoms with van der Waals surface area (Å²) in [6.07, 6.45) is 5.12. The molecule has 1 aromatic heterocycles. The molecule has 3 N–H and O–H groups in total. The van der Waals surface area contributed by atoms with Crippen LogP contribution in [0.4, 0.5) is 17.2 Å². The molecular formula is C15H18N4. The number of anilines is 3. The van der Waals surface area contributed by atoms with Crippen LogP contribution in [0.5, 0.6) is 0 Å². The van der Waals surface area contributed by atoms with Crippen LogP contribution in [0.25, 0.3) is 0 Å². The molecule has 0 unspecified atom stereocenters. The minimum absolute atomic E-state index is 0.605. The Morgan fingerprint density at radius 2 is 1.89 bits per heavy atom. The lowest BCUT2D eigenvalue weighted by molar-refractivity contribution is 0.681. The van der Waals surface area contributed by atoms with Crippen LogP contribution < -0.4 is 11.1 Å². The molecule has 3 rings (SSSR count). The monoisotopic (exact) mass is 254 g/mol. The summed E-state index contributed by atoms with van der Waals surface area (Å²) in [6, 6.07) is 11.7. The summed E-state index contributed by atoms with van der Waals surface area (Å²) in [4.78, 5) is 0. The first-order valence-electron chi connectivity index (χ1n) is 6.77. The Morgan fingerprint density at radius 3 is 2.58 bits per heavy atom. The molecule has 0 radical (unpaired) electrons. The summed E-state index contributed by atoms with van der Waals surface area (Å²) < 4.78 is 0. The Bertz CT molecular complexity index is 544. The van der Waals surface area contributed by atoms with Gasteiger partial charge < -0.3 is 11.1 Å². The molecule has 2 aromatic rings. The van der Waals surface area contributed by atoms with Crippen LogP contribution in [0.3, 0.4) is 0 Å². The smallest absolute Gasteiger partial charge is 0.153 e. The van der Waals surface area contributed by atoms with Gasteiger partial charge in [-0.05, 0) is 43.2 Å². The lowest BCUT2D eigenvalue weighted by Gasteiger charge is -2.09. The Labute approximate surface area is 113 Å². The fourth-order valence-corrected chi connectivity index (χ4v) is 2.61. The highest BCUT2D eigenvalue weighted by Crippen LogP contribution is 2.32. The van der Waals surface area contributed by atoms with Crippen molar-refractivity contribution in [3.05, 3.63) is 42.1 Å². The highest BCUT2D eigenvalue weighted by molar-refractivity contribution is 5.60. The second-order valence-electron chi connectivity index (χ2n) is 5.08. The molecule has 0 spiro atoms. The second kappa shape index (κ2) is 5.26. The third-order valence-electron chi connectivity index (χ3n) is 3.62.